The Morgan fingerprint density at radius 1 is 1.19 bits per heavy atom. The molecule has 5 rings (SSSR count). The first-order chi connectivity index (χ1) is 15.4. The van der Waals surface area contributed by atoms with Gasteiger partial charge in [-0.25, -0.2) is 0 Å². The van der Waals surface area contributed by atoms with Crippen molar-refractivity contribution in [3.63, 3.8) is 0 Å². The lowest BCUT2D eigenvalue weighted by molar-refractivity contribution is -0.157. The van der Waals surface area contributed by atoms with Crippen LogP contribution in [0.1, 0.15) is 49.3 Å². The number of methoxy groups -OCH3 is 1. The lowest BCUT2D eigenvalue weighted by atomic mass is 9.82. The molecule has 2 saturated heterocycles. The lowest BCUT2D eigenvalue weighted by Gasteiger charge is -2.43. The van der Waals surface area contributed by atoms with Crippen molar-refractivity contribution in [1.82, 2.24) is 14.4 Å². The number of carboxylic acid groups (broad SMARTS) is 1. The molecule has 1 aromatic rings. The van der Waals surface area contributed by atoms with Crippen LogP contribution in [0.3, 0.4) is 0 Å². The quantitative estimate of drug-likeness (QED) is 0.419. The van der Waals surface area contributed by atoms with E-state index in [1.807, 2.05) is 15.5 Å². The fourth-order valence-corrected chi connectivity index (χ4v) is 5.59. The smallest absolute Gasteiger partial charge is 0.321 e. The number of esters is 1. The van der Waals surface area contributed by atoms with E-state index >= 15 is 0 Å². The minimum Gasteiger partial charge on any atom is -0.483 e. The monoisotopic (exact) mass is 445 g/mol. The Bertz CT molecular complexity index is 948. The van der Waals surface area contributed by atoms with E-state index in [1.165, 1.54) is 20.0 Å². The molecule has 3 fully saturated rings. The average Bonchev–Trinajstić information content (AvgIpc) is 3.44. The number of rotatable bonds is 4. The zero-order valence-electron chi connectivity index (χ0n) is 18.5. The van der Waals surface area contributed by atoms with Gasteiger partial charge in [-0.3, -0.25) is 24.1 Å². The molecule has 1 aliphatic carbocycles. The molecule has 0 aromatic carbocycles. The molecule has 9 nitrogen and oxygen atoms in total. The van der Waals surface area contributed by atoms with Gasteiger partial charge in [0.05, 0.1) is 7.11 Å². The molecule has 9 heteroatoms. The first-order valence-corrected chi connectivity index (χ1v) is 11.3. The van der Waals surface area contributed by atoms with Crippen molar-refractivity contribution in [3.8, 4) is 0 Å². The van der Waals surface area contributed by atoms with Gasteiger partial charge in [0.1, 0.15) is 5.41 Å². The second kappa shape index (κ2) is 9.05. The van der Waals surface area contributed by atoms with Crippen LogP contribution in [-0.2, 0) is 32.2 Å². The van der Waals surface area contributed by atoms with E-state index in [0.717, 1.165) is 37.3 Å². The Labute approximate surface area is 186 Å². The Balaban J connectivity index is 0.000000775. The largest absolute Gasteiger partial charge is 0.483 e. The van der Waals surface area contributed by atoms with Crippen LogP contribution in [0.2, 0.25) is 0 Å². The van der Waals surface area contributed by atoms with Crippen molar-refractivity contribution in [3.05, 3.63) is 33.7 Å². The van der Waals surface area contributed by atoms with Gasteiger partial charge in [-0.15, -0.1) is 0 Å². The maximum atomic E-state index is 13.1. The summed E-state index contributed by atoms with van der Waals surface area (Å²) >= 11 is 0. The summed E-state index contributed by atoms with van der Waals surface area (Å²) in [5, 5.41) is 6.89. The molecule has 2 bridgehead atoms. The van der Waals surface area contributed by atoms with E-state index in [1.54, 1.807) is 0 Å². The molecule has 1 N–H and O–H groups in total. The topological polar surface area (TPSA) is 109 Å². The molecule has 0 spiro atoms. The molecule has 4 aliphatic rings. The number of aromatic nitrogens is 1. The number of hydrogen-bond acceptors (Lipinski definition) is 6. The highest BCUT2D eigenvalue weighted by atomic mass is 16.5. The summed E-state index contributed by atoms with van der Waals surface area (Å²) in [4.78, 5) is 50.9. The van der Waals surface area contributed by atoms with Crippen LogP contribution in [-0.4, -0.2) is 71.1 Å². The van der Waals surface area contributed by atoms with Gasteiger partial charge in [-0.1, -0.05) is 6.07 Å². The highest BCUT2D eigenvalue weighted by Crippen LogP contribution is 2.49. The van der Waals surface area contributed by atoms with Crippen LogP contribution >= 0.6 is 0 Å². The molecule has 2 atom stereocenters. The Morgan fingerprint density at radius 3 is 2.50 bits per heavy atom. The minimum atomic E-state index is -0.945. The summed E-state index contributed by atoms with van der Waals surface area (Å²) in [6, 6.07) is 4.08. The van der Waals surface area contributed by atoms with Crippen molar-refractivity contribution in [2.75, 3.05) is 33.3 Å². The van der Waals surface area contributed by atoms with Crippen LogP contribution < -0.4 is 5.56 Å². The molecular formula is C23H31N3O6. The zero-order valence-corrected chi connectivity index (χ0v) is 18.5. The Hall–Kier alpha value is -2.68. The van der Waals surface area contributed by atoms with Crippen LogP contribution in [0, 0.1) is 11.3 Å². The minimum absolute atomic E-state index is 0.0829. The third kappa shape index (κ3) is 4.05. The van der Waals surface area contributed by atoms with Crippen molar-refractivity contribution in [2.24, 2.45) is 11.3 Å². The number of fused-ring (bicyclic) bond motifs is 4. The van der Waals surface area contributed by atoms with Gasteiger partial charge in [0, 0.05) is 43.4 Å². The van der Waals surface area contributed by atoms with Crippen LogP contribution in [0.15, 0.2) is 16.9 Å². The number of pyridine rings is 1. The average molecular weight is 446 g/mol. The third-order valence-corrected chi connectivity index (χ3v) is 7.30. The normalized spacial score (nSPS) is 25.2. The van der Waals surface area contributed by atoms with E-state index in [4.69, 9.17) is 14.6 Å². The van der Waals surface area contributed by atoms with Crippen LogP contribution in [0.5, 0.6) is 0 Å². The van der Waals surface area contributed by atoms with Gasteiger partial charge >= 0.3 is 5.97 Å². The molecule has 1 aromatic heterocycles. The van der Waals surface area contributed by atoms with Crippen LogP contribution in [0.4, 0.5) is 0 Å². The van der Waals surface area contributed by atoms with E-state index in [-0.39, 0.29) is 29.8 Å². The third-order valence-electron chi connectivity index (χ3n) is 7.30. The number of nitrogens with zero attached hydrogens (tertiary/aromatic N) is 3. The standard InChI is InChI=1S/C22H29N3O4.CH2O2/c1-29-21(28)22(6-7-22)20(27)24-11-15-10-17(14-24)18-5-4-16(19(26)25(18)12-15)13-23-8-2-3-9-23;2-1-3/h4-5,15,17H,2-3,6-14H2,1H3;1H,(H,2,3)/t15-,17+;/m0./s1. The van der Waals surface area contributed by atoms with Gasteiger partial charge in [0.2, 0.25) is 5.91 Å². The molecule has 0 radical (unpaired) electrons. The summed E-state index contributed by atoms with van der Waals surface area (Å²) in [7, 11) is 1.35. The number of amides is 1. The SMILES string of the molecule is COC(=O)C1(C(=O)N2C[C@@H]3C[C@H](C2)c2ccc(CN4CCCC4)c(=O)n2C3)CC1.O=CO. The Morgan fingerprint density at radius 2 is 1.88 bits per heavy atom. The molecule has 174 valence electrons. The molecule has 1 amide bonds. The number of carbonyl (C=O) groups is 3. The first kappa shape index (κ1) is 22.5. The summed E-state index contributed by atoms with van der Waals surface area (Å²) < 4.78 is 6.84. The fraction of sp³-hybridized carbons (Fsp3) is 0.652. The van der Waals surface area contributed by atoms with Crippen molar-refractivity contribution in [1.29, 1.82) is 0 Å². The predicted molar refractivity (Wildman–Crippen MR) is 115 cm³/mol. The summed E-state index contributed by atoms with van der Waals surface area (Å²) in [6.45, 7) is 4.50. The number of ether oxygens (including phenoxy) is 1. The highest BCUT2D eigenvalue weighted by Gasteiger charge is 2.60. The summed E-state index contributed by atoms with van der Waals surface area (Å²) in [5.41, 5.74) is 1.11. The Kier molecular flexibility index (Phi) is 6.37. The number of likely N-dealkylation sites (tertiary alicyclic amines) is 2. The van der Waals surface area contributed by atoms with Gasteiger partial charge in [0.15, 0.2) is 0 Å². The second-order valence-corrected chi connectivity index (χ2v) is 9.37. The second-order valence-electron chi connectivity index (χ2n) is 9.37. The molecule has 3 aliphatic heterocycles. The lowest BCUT2D eigenvalue weighted by Crippen LogP contribution is -2.52. The molecular weight excluding hydrogens is 414 g/mol. The molecule has 4 heterocycles. The van der Waals surface area contributed by atoms with Gasteiger partial charge in [0.25, 0.3) is 12.0 Å². The summed E-state index contributed by atoms with van der Waals surface area (Å²) in [6.07, 6.45) is 4.60. The van der Waals surface area contributed by atoms with E-state index in [2.05, 4.69) is 11.0 Å². The fourth-order valence-electron chi connectivity index (χ4n) is 5.59. The molecule has 0 unspecified atom stereocenters. The van der Waals surface area contributed by atoms with Crippen molar-refractivity contribution < 1.29 is 24.2 Å². The number of hydrogen-bond donors (Lipinski definition) is 1. The summed E-state index contributed by atoms with van der Waals surface area (Å²) in [5.74, 6) is -0.0614. The zero-order chi connectivity index (χ0) is 22.9. The molecule has 1 saturated carbocycles. The van der Waals surface area contributed by atoms with Gasteiger partial charge in [-0.2, -0.15) is 0 Å². The number of carbonyl (C=O) groups excluding carboxylic acids is 2. The van der Waals surface area contributed by atoms with Crippen LogP contribution in [0.25, 0.3) is 0 Å². The van der Waals surface area contributed by atoms with Crippen molar-refractivity contribution >= 4 is 18.3 Å². The van der Waals surface area contributed by atoms with E-state index < -0.39 is 11.4 Å². The maximum absolute atomic E-state index is 13.1. The molecule has 32 heavy (non-hydrogen) atoms. The van der Waals surface area contributed by atoms with Gasteiger partial charge < -0.3 is 19.3 Å². The van der Waals surface area contributed by atoms with Crippen molar-refractivity contribution in [2.45, 2.75) is 51.1 Å². The highest BCUT2D eigenvalue weighted by molar-refractivity contribution is 6.05. The first-order valence-electron chi connectivity index (χ1n) is 11.3. The number of piperidine rings is 1. The van der Waals surface area contributed by atoms with E-state index in [0.29, 0.717) is 32.5 Å². The van der Waals surface area contributed by atoms with Gasteiger partial charge in [-0.05, 0) is 57.2 Å². The predicted octanol–water partition coefficient (Wildman–Crippen LogP) is 1.04. The van der Waals surface area contributed by atoms with E-state index in [9.17, 15) is 14.4 Å². The maximum Gasteiger partial charge on any atom is 0.321 e.